The molecule has 0 bridgehead atoms. The van der Waals surface area contributed by atoms with Gasteiger partial charge in [0, 0.05) is 13.2 Å². The predicted molar refractivity (Wildman–Crippen MR) is 64.3 cm³/mol. The van der Waals surface area contributed by atoms with Crippen molar-refractivity contribution in [1.29, 1.82) is 0 Å². The second-order valence-corrected chi connectivity index (χ2v) is 8.35. The summed E-state index contributed by atoms with van der Waals surface area (Å²) in [6, 6.07) is 2.27. The van der Waals surface area contributed by atoms with Gasteiger partial charge in [0.05, 0.1) is 6.61 Å². The Morgan fingerprint density at radius 1 is 1.47 bits per heavy atom. The Hall–Kier alpha value is -0.613. The molecule has 0 aromatic rings. The summed E-state index contributed by atoms with van der Waals surface area (Å²) in [5.41, 5.74) is 0. The maximum absolute atomic E-state index is 10.7. The van der Waals surface area contributed by atoms with E-state index in [9.17, 15) is 4.79 Å². The van der Waals surface area contributed by atoms with Crippen LogP contribution >= 0.6 is 0 Å². The van der Waals surface area contributed by atoms with Crippen LogP contribution in [0.2, 0.25) is 18.6 Å². The Balaban J connectivity index is 3.53. The minimum atomic E-state index is -1.44. The zero-order valence-electron chi connectivity index (χ0n) is 10.0. The van der Waals surface area contributed by atoms with Gasteiger partial charge in [-0.1, -0.05) is 19.9 Å². The third kappa shape index (κ3) is 6.46. The van der Waals surface area contributed by atoms with Crippen LogP contribution in [-0.2, 0) is 14.0 Å². The van der Waals surface area contributed by atoms with Crippen LogP contribution in [0.3, 0.4) is 0 Å². The summed E-state index contributed by atoms with van der Waals surface area (Å²) in [4.78, 5) is 10.7. The summed E-state index contributed by atoms with van der Waals surface area (Å²) in [7, 11) is 0.356. The zero-order valence-corrected chi connectivity index (χ0v) is 11.0. The fourth-order valence-corrected chi connectivity index (χ4v) is 3.10. The minimum absolute atomic E-state index is 0.336. The number of hydrogen-bond acceptors (Lipinski definition) is 3. The Morgan fingerprint density at radius 2 is 2.13 bits per heavy atom. The average molecular weight is 230 g/mol. The van der Waals surface area contributed by atoms with E-state index in [-0.39, 0.29) is 5.97 Å². The topological polar surface area (TPSA) is 35.5 Å². The highest BCUT2D eigenvalue weighted by Crippen LogP contribution is 2.18. The molecule has 0 aliphatic rings. The number of esters is 1. The van der Waals surface area contributed by atoms with Crippen LogP contribution in [0, 0.1) is 0 Å². The molecule has 1 atom stereocenters. The molecule has 4 heteroatoms. The second-order valence-electron chi connectivity index (χ2n) is 3.84. The Kier molecular flexibility index (Phi) is 7.34. The molecule has 15 heavy (non-hydrogen) atoms. The van der Waals surface area contributed by atoms with Crippen LogP contribution < -0.4 is 0 Å². The molecule has 88 valence electrons. The fourth-order valence-electron chi connectivity index (χ4n) is 1.26. The number of unbranched alkanes of at least 4 members (excludes halogenated alkanes) is 1. The quantitative estimate of drug-likeness (QED) is 0.278. The summed E-state index contributed by atoms with van der Waals surface area (Å²) in [5, 5.41) is 0. The molecule has 0 saturated carbocycles. The number of ether oxygens (including phenoxy) is 1. The summed E-state index contributed by atoms with van der Waals surface area (Å²) in [6.45, 7) is 8.24. The monoisotopic (exact) mass is 230 g/mol. The van der Waals surface area contributed by atoms with E-state index in [2.05, 4.69) is 20.0 Å². The van der Waals surface area contributed by atoms with Crippen LogP contribution in [-0.4, -0.2) is 28.0 Å². The lowest BCUT2D eigenvalue weighted by Crippen LogP contribution is -2.31. The Labute approximate surface area is 93.6 Å². The molecule has 0 spiro atoms. The first kappa shape index (κ1) is 14.4. The molecule has 0 N–H and O–H groups in total. The molecule has 0 amide bonds. The molecule has 0 aliphatic carbocycles. The van der Waals surface area contributed by atoms with Crippen molar-refractivity contribution >= 4 is 14.3 Å². The number of carbonyl (C=O) groups excluding carboxylic acids is 1. The smallest absolute Gasteiger partial charge is 0.330 e. The minimum Gasteiger partial charge on any atom is -0.463 e. The first-order chi connectivity index (χ1) is 7.08. The molecule has 0 saturated heterocycles. The van der Waals surface area contributed by atoms with E-state index >= 15 is 0 Å². The summed E-state index contributed by atoms with van der Waals surface area (Å²) in [5.74, 6) is -0.336. The van der Waals surface area contributed by atoms with Crippen LogP contribution in [0.25, 0.3) is 0 Å². The van der Waals surface area contributed by atoms with Gasteiger partial charge in [0.15, 0.2) is 8.32 Å². The van der Waals surface area contributed by atoms with Crippen molar-refractivity contribution in [2.24, 2.45) is 0 Å². The van der Waals surface area contributed by atoms with Gasteiger partial charge in [-0.05, 0) is 25.1 Å². The molecular formula is C11H22O3Si. The van der Waals surface area contributed by atoms with Gasteiger partial charge in [-0.2, -0.15) is 0 Å². The van der Waals surface area contributed by atoms with Crippen molar-refractivity contribution in [2.45, 2.75) is 38.4 Å². The fraction of sp³-hybridized carbons (Fsp3) is 0.727. The highest BCUT2D eigenvalue weighted by atomic mass is 28.4. The SMILES string of the molecule is C=CC(=O)OCCCC[Si](C)(CC)OC. The van der Waals surface area contributed by atoms with E-state index in [0.717, 1.165) is 24.9 Å². The van der Waals surface area contributed by atoms with E-state index in [4.69, 9.17) is 9.16 Å². The van der Waals surface area contributed by atoms with E-state index in [1.165, 1.54) is 6.08 Å². The van der Waals surface area contributed by atoms with Crippen LogP contribution in [0.1, 0.15) is 19.8 Å². The molecule has 0 aliphatic heterocycles. The first-order valence-corrected chi connectivity index (χ1v) is 8.24. The van der Waals surface area contributed by atoms with Crippen molar-refractivity contribution in [3.05, 3.63) is 12.7 Å². The molecule has 0 fully saturated rings. The predicted octanol–water partition coefficient (Wildman–Crippen LogP) is 2.74. The van der Waals surface area contributed by atoms with Crippen molar-refractivity contribution < 1.29 is 14.0 Å². The molecule has 3 nitrogen and oxygen atoms in total. The van der Waals surface area contributed by atoms with E-state index in [1.54, 1.807) is 7.11 Å². The van der Waals surface area contributed by atoms with Gasteiger partial charge >= 0.3 is 5.97 Å². The van der Waals surface area contributed by atoms with Gasteiger partial charge in [-0.25, -0.2) is 4.79 Å². The lowest BCUT2D eigenvalue weighted by Gasteiger charge is -2.23. The largest absolute Gasteiger partial charge is 0.463 e. The van der Waals surface area contributed by atoms with Crippen molar-refractivity contribution in [1.82, 2.24) is 0 Å². The molecule has 0 radical (unpaired) electrons. The van der Waals surface area contributed by atoms with E-state index in [1.807, 2.05) is 0 Å². The maximum atomic E-state index is 10.7. The zero-order chi connectivity index (χ0) is 11.7. The lowest BCUT2D eigenvalue weighted by atomic mass is 10.4. The molecule has 0 aromatic heterocycles. The van der Waals surface area contributed by atoms with E-state index in [0.29, 0.717) is 6.61 Å². The lowest BCUT2D eigenvalue weighted by molar-refractivity contribution is -0.137. The van der Waals surface area contributed by atoms with Crippen molar-refractivity contribution in [2.75, 3.05) is 13.7 Å². The molecular weight excluding hydrogens is 208 g/mol. The van der Waals surface area contributed by atoms with Gasteiger partial charge in [0.25, 0.3) is 0 Å². The average Bonchev–Trinajstić information content (AvgIpc) is 2.27. The Morgan fingerprint density at radius 3 is 2.60 bits per heavy atom. The highest BCUT2D eigenvalue weighted by Gasteiger charge is 2.24. The normalized spacial score (nSPS) is 14.3. The highest BCUT2D eigenvalue weighted by molar-refractivity contribution is 6.72. The summed E-state index contributed by atoms with van der Waals surface area (Å²) < 4.78 is 10.4. The third-order valence-corrected chi connectivity index (χ3v) is 6.64. The summed E-state index contributed by atoms with van der Waals surface area (Å²) in [6.07, 6.45) is 3.17. The molecule has 0 aromatic carbocycles. The van der Waals surface area contributed by atoms with Gasteiger partial charge in [0.1, 0.15) is 0 Å². The number of rotatable bonds is 8. The van der Waals surface area contributed by atoms with Crippen LogP contribution in [0.4, 0.5) is 0 Å². The molecule has 0 rings (SSSR count). The maximum Gasteiger partial charge on any atom is 0.330 e. The van der Waals surface area contributed by atoms with Gasteiger partial charge in [-0.3, -0.25) is 0 Å². The van der Waals surface area contributed by atoms with Gasteiger partial charge in [-0.15, -0.1) is 0 Å². The van der Waals surface area contributed by atoms with E-state index < -0.39 is 8.32 Å². The summed E-state index contributed by atoms with van der Waals surface area (Å²) >= 11 is 0. The molecule has 1 unspecified atom stereocenters. The number of carbonyl (C=O) groups is 1. The van der Waals surface area contributed by atoms with Crippen LogP contribution in [0.5, 0.6) is 0 Å². The molecule has 0 heterocycles. The first-order valence-electron chi connectivity index (χ1n) is 5.42. The second kappa shape index (κ2) is 7.65. The van der Waals surface area contributed by atoms with Gasteiger partial charge in [0.2, 0.25) is 0 Å². The third-order valence-electron chi connectivity index (χ3n) is 2.75. The Bertz CT molecular complexity index is 200. The standard InChI is InChI=1S/C11H22O3Si/c1-5-11(12)14-9-7-8-10-15(4,6-2)13-3/h5H,1,6-10H2,2-4H3. The van der Waals surface area contributed by atoms with Gasteiger partial charge < -0.3 is 9.16 Å². The number of hydrogen-bond donors (Lipinski definition) is 0. The van der Waals surface area contributed by atoms with Crippen molar-refractivity contribution in [3.8, 4) is 0 Å². The van der Waals surface area contributed by atoms with Crippen LogP contribution in [0.15, 0.2) is 12.7 Å². The van der Waals surface area contributed by atoms with Crippen molar-refractivity contribution in [3.63, 3.8) is 0 Å².